The Labute approximate surface area is 167 Å². The predicted molar refractivity (Wildman–Crippen MR) is 115 cm³/mol. The number of fused-ring (bicyclic) bond motifs is 2. The number of nitrogens with zero attached hydrogens (tertiary/aromatic N) is 4. The van der Waals surface area contributed by atoms with Crippen molar-refractivity contribution < 1.29 is 0 Å². The maximum absolute atomic E-state index is 12.8. The van der Waals surface area contributed by atoms with Gasteiger partial charge in [-0.15, -0.1) is 0 Å². The molecule has 29 heavy (non-hydrogen) atoms. The number of nitrogens with one attached hydrogen (secondary N) is 1. The lowest BCUT2D eigenvalue weighted by molar-refractivity contribution is 0.671. The summed E-state index contributed by atoms with van der Waals surface area (Å²) in [5.74, 6) is 0.606. The van der Waals surface area contributed by atoms with E-state index in [1.807, 2.05) is 54.2 Å². The molecule has 0 aliphatic carbocycles. The first-order valence-corrected chi connectivity index (χ1v) is 9.69. The molecule has 7 nitrogen and oxygen atoms in total. The smallest absolute Gasteiger partial charge is 0.348 e. The molecule has 5 aromatic rings. The first-order chi connectivity index (χ1) is 14.2. The van der Waals surface area contributed by atoms with Gasteiger partial charge >= 0.3 is 5.69 Å². The minimum absolute atomic E-state index is 0.254. The Morgan fingerprint density at radius 3 is 2.52 bits per heavy atom. The zero-order valence-electron chi connectivity index (χ0n) is 16.2. The second-order valence-electron chi connectivity index (χ2n) is 7.23. The van der Waals surface area contributed by atoms with E-state index in [1.165, 1.54) is 0 Å². The maximum atomic E-state index is 12.8. The summed E-state index contributed by atoms with van der Waals surface area (Å²) in [6.45, 7) is 1.45. The highest BCUT2D eigenvalue weighted by Crippen LogP contribution is 2.32. The lowest BCUT2D eigenvalue weighted by atomic mass is 10.1. The zero-order valence-corrected chi connectivity index (χ0v) is 16.2. The van der Waals surface area contributed by atoms with E-state index in [2.05, 4.69) is 33.1 Å². The van der Waals surface area contributed by atoms with Crippen LogP contribution < -0.4 is 11.4 Å². The summed E-state index contributed by atoms with van der Waals surface area (Å²) in [4.78, 5) is 12.8. The maximum Gasteiger partial charge on any atom is 0.348 e. The fourth-order valence-corrected chi connectivity index (χ4v) is 4.07. The van der Waals surface area contributed by atoms with Crippen LogP contribution in [-0.2, 0) is 13.6 Å². The molecule has 0 aliphatic heterocycles. The average molecular weight is 386 g/mol. The van der Waals surface area contributed by atoms with E-state index in [1.54, 1.807) is 4.57 Å². The molecule has 3 aromatic heterocycles. The van der Waals surface area contributed by atoms with Gasteiger partial charge in [-0.3, -0.25) is 0 Å². The first-order valence-electron chi connectivity index (χ1n) is 9.69. The minimum atomic E-state index is -0.254. The molecule has 0 atom stereocenters. The predicted octanol–water partition coefficient (Wildman–Crippen LogP) is 3.02. The Kier molecular flexibility index (Phi) is 4.10. The molecular weight excluding hydrogens is 364 g/mol. The molecule has 3 N–H and O–H groups in total. The number of para-hydroxylation sites is 2. The SMILES string of the molecule is Cn1cc(-n2c(-c3cn(CCCN)c4ccccc34)n[nH]c2=O)c2ccccc21. The Balaban J connectivity index is 1.77. The van der Waals surface area contributed by atoms with Gasteiger partial charge in [0.2, 0.25) is 0 Å². The van der Waals surface area contributed by atoms with Crippen LogP contribution in [0.25, 0.3) is 38.9 Å². The Bertz CT molecular complexity index is 1380. The number of aromatic amines is 1. The molecule has 0 bridgehead atoms. The van der Waals surface area contributed by atoms with Gasteiger partial charge in [0, 0.05) is 53.4 Å². The summed E-state index contributed by atoms with van der Waals surface area (Å²) in [7, 11) is 1.98. The molecule has 7 heteroatoms. The van der Waals surface area contributed by atoms with Crippen molar-refractivity contribution >= 4 is 21.8 Å². The van der Waals surface area contributed by atoms with Crippen molar-refractivity contribution in [2.45, 2.75) is 13.0 Å². The van der Waals surface area contributed by atoms with Crippen LogP contribution in [0.5, 0.6) is 0 Å². The summed E-state index contributed by atoms with van der Waals surface area (Å²) < 4.78 is 5.87. The number of hydrogen-bond acceptors (Lipinski definition) is 3. The first kappa shape index (κ1) is 17.5. The van der Waals surface area contributed by atoms with Crippen molar-refractivity contribution in [3.05, 3.63) is 71.4 Å². The molecule has 0 aliphatic rings. The van der Waals surface area contributed by atoms with Crippen LogP contribution in [0.1, 0.15) is 6.42 Å². The van der Waals surface area contributed by atoms with Crippen molar-refractivity contribution in [2.75, 3.05) is 6.54 Å². The van der Waals surface area contributed by atoms with E-state index in [4.69, 9.17) is 5.73 Å². The van der Waals surface area contributed by atoms with Crippen LogP contribution in [-0.4, -0.2) is 30.4 Å². The van der Waals surface area contributed by atoms with Crippen molar-refractivity contribution in [3.63, 3.8) is 0 Å². The number of benzene rings is 2. The lowest BCUT2D eigenvalue weighted by Crippen LogP contribution is -2.15. The molecule has 3 heterocycles. The Hall–Kier alpha value is -3.58. The summed E-state index contributed by atoms with van der Waals surface area (Å²) in [5.41, 5.74) is 9.37. The third-order valence-electron chi connectivity index (χ3n) is 5.42. The molecule has 2 aromatic carbocycles. The normalized spacial score (nSPS) is 11.7. The molecule has 0 spiro atoms. The van der Waals surface area contributed by atoms with Crippen LogP contribution in [0.4, 0.5) is 0 Å². The molecule has 0 saturated carbocycles. The molecule has 0 amide bonds. The van der Waals surface area contributed by atoms with Gasteiger partial charge in [0.05, 0.1) is 5.69 Å². The summed E-state index contributed by atoms with van der Waals surface area (Å²) >= 11 is 0. The molecule has 146 valence electrons. The second-order valence-corrected chi connectivity index (χ2v) is 7.23. The van der Waals surface area contributed by atoms with Gasteiger partial charge in [0.25, 0.3) is 0 Å². The highest BCUT2D eigenvalue weighted by molar-refractivity contribution is 5.96. The van der Waals surface area contributed by atoms with Crippen molar-refractivity contribution in [2.24, 2.45) is 12.8 Å². The third-order valence-corrected chi connectivity index (χ3v) is 5.42. The van der Waals surface area contributed by atoms with Crippen LogP contribution in [0.2, 0.25) is 0 Å². The third kappa shape index (κ3) is 2.70. The number of hydrogen-bond donors (Lipinski definition) is 2. The van der Waals surface area contributed by atoms with E-state index >= 15 is 0 Å². The summed E-state index contributed by atoms with van der Waals surface area (Å²) in [5, 5.41) is 9.11. The molecule has 0 radical (unpaired) electrons. The van der Waals surface area contributed by atoms with E-state index in [-0.39, 0.29) is 5.69 Å². The molecule has 0 fully saturated rings. The fourth-order valence-electron chi connectivity index (χ4n) is 4.07. The van der Waals surface area contributed by atoms with Gasteiger partial charge < -0.3 is 14.9 Å². The number of aryl methyl sites for hydroxylation is 2. The van der Waals surface area contributed by atoms with Gasteiger partial charge in [-0.2, -0.15) is 5.10 Å². The van der Waals surface area contributed by atoms with Crippen LogP contribution in [0.3, 0.4) is 0 Å². The van der Waals surface area contributed by atoms with Gasteiger partial charge in [-0.05, 0) is 25.1 Å². The molecule has 0 saturated heterocycles. The number of nitrogens with two attached hydrogens (primary N) is 1. The topological polar surface area (TPSA) is 86.6 Å². The van der Waals surface area contributed by atoms with Gasteiger partial charge in [-0.25, -0.2) is 14.5 Å². The van der Waals surface area contributed by atoms with E-state index in [0.717, 1.165) is 46.0 Å². The molecular formula is C22H22N6O. The van der Waals surface area contributed by atoms with Crippen molar-refractivity contribution in [3.8, 4) is 17.1 Å². The van der Waals surface area contributed by atoms with Gasteiger partial charge in [0.15, 0.2) is 5.82 Å². The van der Waals surface area contributed by atoms with Crippen molar-refractivity contribution in [1.82, 2.24) is 23.9 Å². The number of rotatable bonds is 5. The highest BCUT2D eigenvalue weighted by Gasteiger charge is 2.20. The monoisotopic (exact) mass is 386 g/mol. The Morgan fingerprint density at radius 1 is 1.00 bits per heavy atom. The number of H-pyrrole nitrogens is 1. The standard InChI is InChI=1S/C22H22N6O/c1-26-14-20(16-8-3-4-9-18(16)26)28-21(24-25-22(28)29)17-13-27(12-6-11-23)19-10-5-2-7-15(17)19/h2-5,7-10,13-14H,6,11-12,23H2,1H3,(H,25,29). The fraction of sp³-hybridized carbons (Fsp3) is 0.182. The van der Waals surface area contributed by atoms with Gasteiger partial charge in [0.1, 0.15) is 0 Å². The quantitative estimate of drug-likeness (QED) is 0.487. The van der Waals surface area contributed by atoms with Crippen LogP contribution in [0.15, 0.2) is 65.7 Å². The van der Waals surface area contributed by atoms with Crippen LogP contribution in [0, 0.1) is 0 Å². The summed E-state index contributed by atoms with van der Waals surface area (Å²) in [6.07, 6.45) is 4.92. The van der Waals surface area contributed by atoms with E-state index < -0.39 is 0 Å². The van der Waals surface area contributed by atoms with Gasteiger partial charge in [-0.1, -0.05) is 36.4 Å². The average Bonchev–Trinajstić information content (AvgIpc) is 3.40. The van der Waals surface area contributed by atoms with E-state index in [9.17, 15) is 4.79 Å². The zero-order chi connectivity index (χ0) is 20.0. The molecule has 0 unspecified atom stereocenters. The van der Waals surface area contributed by atoms with E-state index in [0.29, 0.717) is 12.4 Å². The summed E-state index contributed by atoms with van der Waals surface area (Å²) in [6, 6.07) is 16.2. The minimum Gasteiger partial charge on any atom is -0.348 e. The molecule has 5 rings (SSSR count). The van der Waals surface area contributed by atoms with Crippen molar-refractivity contribution in [1.29, 1.82) is 0 Å². The van der Waals surface area contributed by atoms with Crippen LogP contribution >= 0.6 is 0 Å². The number of aromatic nitrogens is 5. The lowest BCUT2D eigenvalue weighted by Gasteiger charge is -2.04. The Morgan fingerprint density at radius 2 is 1.72 bits per heavy atom. The second kappa shape index (κ2) is 6.79. The largest absolute Gasteiger partial charge is 0.348 e. The highest BCUT2D eigenvalue weighted by atomic mass is 16.1.